The highest BCUT2D eigenvalue weighted by Gasteiger charge is 2.10. The summed E-state index contributed by atoms with van der Waals surface area (Å²) < 4.78 is 1.12. The first-order valence-electron chi connectivity index (χ1n) is 6.41. The Kier molecular flexibility index (Phi) is 5.18. The van der Waals surface area contributed by atoms with E-state index in [1.807, 2.05) is 6.07 Å². The molecule has 0 saturated carbocycles. The zero-order valence-electron chi connectivity index (χ0n) is 11.9. The summed E-state index contributed by atoms with van der Waals surface area (Å²) in [6.45, 7) is 7.35. The van der Waals surface area contributed by atoms with Crippen molar-refractivity contribution in [3.63, 3.8) is 0 Å². The highest BCUT2D eigenvalue weighted by molar-refractivity contribution is 9.10. The van der Waals surface area contributed by atoms with Crippen molar-refractivity contribution in [1.82, 2.24) is 15.3 Å². The van der Waals surface area contributed by atoms with Crippen molar-refractivity contribution in [3.8, 4) is 0 Å². The van der Waals surface area contributed by atoms with Crippen molar-refractivity contribution in [1.29, 1.82) is 0 Å². The lowest BCUT2D eigenvalue weighted by atomic mass is 10.1. The third kappa shape index (κ3) is 4.89. The van der Waals surface area contributed by atoms with Gasteiger partial charge in [-0.25, -0.2) is 9.97 Å². The summed E-state index contributed by atoms with van der Waals surface area (Å²) in [4.78, 5) is 9.31. The fourth-order valence-corrected chi connectivity index (χ4v) is 3.01. The third-order valence-electron chi connectivity index (χ3n) is 2.61. The van der Waals surface area contributed by atoms with E-state index < -0.39 is 0 Å². The van der Waals surface area contributed by atoms with E-state index in [-0.39, 0.29) is 5.54 Å². The Morgan fingerprint density at radius 3 is 2.65 bits per heavy atom. The van der Waals surface area contributed by atoms with Crippen LogP contribution in [0.4, 0.5) is 0 Å². The van der Waals surface area contributed by atoms with E-state index in [0.717, 1.165) is 20.9 Å². The van der Waals surface area contributed by atoms with Gasteiger partial charge in [0, 0.05) is 27.6 Å². The van der Waals surface area contributed by atoms with Gasteiger partial charge < -0.3 is 5.32 Å². The molecule has 0 unspecified atom stereocenters. The molecule has 0 aliphatic carbocycles. The van der Waals surface area contributed by atoms with Crippen LogP contribution in [0, 0.1) is 0 Å². The maximum atomic E-state index is 4.22. The van der Waals surface area contributed by atoms with Gasteiger partial charge in [0.05, 0.1) is 0 Å². The summed E-state index contributed by atoms with van der Waals surface area (Å²) in [5.74, 6) is 0. The first kappa shape index (κ1) is 15.5. The number of nitrogens with zero attached hydrogens (tertiary/aromatic N) is 2. The smallest absolute Gasteiger partial charge is 0.116 e. The number of aromatic nitrogens is 2. The average molecular weight is 352 g/mol. The van der Waals surface area contributed by atoms with Crippen LogP contribution in [0.1, 0.15) is 26.3 Å². The first-order chi connectivity index (χ1) is 9.44. The maximum Gasteiger partial charge on any atom is 0.116 e. The van der Waals surface area contributed by atoms with Gasteiger partial charge in [0.25, 0.3) is 0 Å². The SMILES string of the molecule is CC(C)(C)NCc1ccc(Sc2ccncn2)cc1Br. The van der Waals surface area contributed by atoms with Crippen molar-refractivity contribution in [2.45, 2.75) is 42.8 Å². The van der Waals surface area contributed by atoms with E-state index in [1.54, 1.807) is 24.3 Å². The molecule has 1 aromatic heterocycles. The molecule has 0 spiro atoms. The molecule has 0 amide bonds. The standard InChI is InChI=1S/C15H18BrN3S/c1-15(2,3)19-9-11-4-5-12(8-13(11)16)20-14-6-7-17-10-18-14/h4-8,10,19H,9H2,1-3H3. The normalized spacial score (nSPS) is 11.6. The van der Waals surface area contributed by atoms with Crippen LogP contribution in [-0.2, 0) is 6.54 Å². The monoisotopic (exact) mass is 351 g/mol. The van der Waals surface area contributed by atoms with Gasteiger partial charge >= 0.3 is 0 Å². The summed E-state index contributed by atoms with van der Waals surface area (Å²) >= 11 is 5.27. The van der Waals surface area contributed by atoms with E-state index in [2.05, 4.69) is 70.2 Å². The van der Waals surface area contributed by atoms with Crippen LogP contribution in [0.2, 0.25) is 0 Å². The third-order valence-corrected chi connectivity index (χ3v) is 4.29. The van der Waals surface area contributed by atoms with Crippen LogP contribution in [0.5, 0.6) is 0 Å². The van der Waals surface area contributed by atoms with Crippen LogP contribution in [0.25, 0.3) is 0 Å². The topological polar surface area (TPSA) is 37.8 Å². The summed E-state index contributed by atoms with van der Waals surface area (Å²) in [7, 11) is 0. The number of rotatable bonds is 4. The van der Waals surface area contributed by atoms with Crippen molar-refractivity contribution in [2.75, 3.05) is 0 Å². The van der Waals surface area contributed by atoms with Crippen LogP contribution in [0.3, 0.4) is 0 Å². The van der Waals surface area contributed by atoms with E-state index in [0.29, 0.717) is 0 Å². The highest BCUT2D eigenvalue weighted by atomic mass is 79.9. The Morgan fingerprint density at radius 2 is 2.05 bits per heavy atom. The van der Waals surface area contributed by atoms with Crippen LogP contribution < -0.4 is 5.32 Å². The molecule has 106 valence electrons. The number of hydrogen-bond acceptors (Lipinski definition) is 4. The van der Waals surface area contributed by atoms with E-state index in [1.165, 1.54) is 5.56 Å². The largest absolute Gasteiger partial charge is 0.308 e. The molecule has 1 heterocycles. The lowest BCUT2D eigenvalue weighted by molar-refractivity contribution is 0.424. The van der Waals surface area contributed by atoms with Crippen LogP contribution in [0.15, 0.2) is 51.2 Å². The van der Waals surface area contributed by atoms with Crippen molar-refractivity contribution >= 4 is 27.7 Å². The van der Waals surface area contributed by atoms with Gasteiger partial charge in [-0.3, -0.25) is 0 Å². The van der Waals surface area contributed by atoms with Crippen LogP contribution in [-0.4, -0.2) is 15.5 Å². The zero-order chi connectivity index (χ0) is 14.6. The number of hydrogen-bond donors (Lipinski definition) is 1. The van der Waals surface area contributed by atoms with Gasteiger partial charge in [-0.05, 0) is 44.5 Å². The molecule has 2 aromatic rings. The fourth-order valence-electron chi connectivity index (χ4n) is 1.55. The predicted octanol–water partition coefficient (Wildman–Crippen LogP) is 4.28. The summed E-state index contributed by atoms with van der Waals surface area (Å²) in [6, 6.07) is 8.31. The minimum atomic E-state index is 0.119. The molecule has 0 bridgehead atoms. The van der Waals surface area contributed by atoms with Gasteiger partial charge in [0.1, 0.15) is 11.4 Å². The molecule has 0 aliphatic rings. The van der Waals surface area contributed by atoms with Gasteiger partial charge in [-0.2, -0.15) is 0 Å². The molecular weight excluding hydrogens is 334 g/mol. The second-order valence-electron chi connectivity index (χ2n) is 5.51. The molecule has 1 aromatic carbocycles. The Hall–Kier alpha value is -0.910. The second kappa shape index (κ2) is 6.70. The van der Waals surface area contributed by atoms with Gasteiger partial charge in [-0.15, -0.1) is 0 Å². The quantitative estimate of drug-likeness (QED) is 0.834. The minimum absolute atomic E-state index is 0.119. The summed E-state index contributed by atoms with van der Waals surface area (Å²) in [5, 5.41) is 4.44. The minimum Gasteiger partial charge on any atom is -0.308 e. The van der Waals surface area contributed by atoms with Gasteiger partial charge in [0.15, 0.2) is 0 Å². The highest BCUT2D eigenvalue weighted by Crippen LogP contribution is 2.29. The molecule has 0 fully saturated rings. The van der Waals surface area contributed by atoms with E-state index >= 15 is 0 Å². The Balaban J connectivity index is 2.06. The average Bonchev–Trinajstić information content (AvgIpc) is 2.38. The summed E-state index contributed by atoms with van der Waals surface area (Å²) in [5.41, 5.74) is 1.38. The molecule has 0 atom stereocenters. The second-order valence-corrected chi connectivity index (χ2v) is 7.45. The maximum absolute atomic E-state index is 4.22. The van der Waals surface area contributed by atoms with Crippen molar-refractivity contribution in [2.24, 2.45) is 0 Å². The molecule has 5 heteroatoms. The molecule has 0 aliphatic heterocycles. The molecule has 20 heavy (non-hydrogen) atoms. The molecule has 2 rings (SSSR count). The van der Waals surface area contributed by atoms with Crippen molar-refractivity contribution < 1.29 is 0 Å². The Bertz CT molecular complexity index is 567. The Morgan fingerprint density at radius 1 is 1.25 bits per heavy atom. The predicted molar refractivity (Wildman–Crippen MR) is 86.9 cm³/mol. The summed E-state index contributed by atoms with van der Waals surface area (Å²) in [6.07, 6.45) is 3.32. The molecule has 1 N–H and O–H groups in total. The molecular formula is C15H18BrN3S. The van der Waals surface area contributed by atoms with E-state index in [4.69, 9.17) is 0 Å². The van der Waals surface area contributed by atoms with Crippen molar-refractivity contribution in [3.05, 3.63) is 46.8 Å². The molecule has 3 nitrogen and oxygen atoms in total. The Labute approximate surface area is 132 Å². The first-order valence-corrected chi connectivity index (χ1v) is 8.02. The number of halogens is 1. The van der Waals surface area contributed by atoms with Crippen LogP contribution >= 0.6 is 27.7 Å². The van der Waals surface area contributed by atoms with Gasteiger partial charge in [0.2, 0.25) is 0 Å². The lowest BCUT2D eigenvalue weighted by Crippen LogP contribution is -2.35. The molecule has 0 radical (unpaired) electrons. The van der Waals surface area contributed by atoms with E-state index in [9.17, 15) is 0 Å². The number of benzene rings is 1. The molecule has 0 saturated heterocycles. The zero-order valence-corrected chi connectivity index (χ0v) is 14.3. The fraction of sp³-hybridized carbons (Fsp3) is 0.333. The number of nitrogens with one attached hydrogen (secondary N) is 1. The lowest BCUT2D eigenvalue weighted by Gasteiger charge is -2.21. The van der Waals surface area contributed by atoms with Gasteiger partial charge in [-0.1, -0.05) is 33.8 Å².